The zero-order valence-corrected chi connectivity index (χ0v) is 33.2. The first-order chi connectivity index (χ1) is 20.1. The second kappa shape index (κ2) is 26.1. The first-order valence-electron chi connectivity index (χ1n) is 16.9. The molecule has 0 aliphatic carbocycles. The summed E-state index contributed by atoms with van der Waals surface area (Å²) in [6, 6.07) is 9.42. The Hall–Kier alpha value is -0.0668. The molecule has 0 fully saturated rings. The minimum Gasteiger partial charge on any atom is -0.414 e. The smallest absolute Gasteiger partial charge is 0.192 e. The van der Waals surface area contributed by atoms with Crippen LogP contribution in [0.3, 0.4) is 0 Å². The van der Waals surface area contributed by atoms with Crippen LogP contribution in [0.15, 0.2) is 18.2 Å². The predicted octanol–water partition coefficient (Wildman–Crippen LogP) is 10.2. The summed E-state index contributed by atoms with van der Waals surface area (Å²) in [6.07, 6.45) is 21.6. The fraction of sp³-hybridized carbons (Fsp3) is 0.778. The zero-order chi connectivity index (χ0) is 31.1. The van der Waals surface area contributed by atoms with Crippen LogP contribution < -0.4 is 0 Å². The van der Waals surface area contributed by atoms with Gasteiger partial charge in [0.05, 0.1) is 43.1 Å². The summed E-state index contributed by atoms with van der Waals surface area (Å²) in [7, 11) is -1.92. The molecule has 0 N–H and O–H groups in total. The number of unbranched alkanes of at least 4 members (excludes halogenated alkanes) is 15. The molecule has 0 bridgehead atoms. The molecule has 1 rings (SSSR count). The number of hydrogen-bond acceptors (Lipinski definition) is 5. The van der Waals surface area contributed by atoms with Gasteiger partial charge in [0.25, 0.3) is 0 Å². The number of benzene rings is 1. The quantitative estimate of drug-likeness (QED) is 0.0788. The van der Waals surface area contributed by atoms with Gasteiger partial charge in [0.2, 0.25) is 0 Å². The molecule has 239 valence electrons. The minimum absolute atomic E-state index is 0. The van der Waals surface area contributed by atoms with Gasteiger partial charge in [-0.05, 0) is 48.3 Å². The van der Waals surface area contributed by atoms with Crippen LogP contribution in [-0.4, -0.2) is 85.6 Å². The standard InChI is InChI=1S/C36H62N2O3Si.K/c1-7-8-9-10-11-12-13-14-15-16-17-18-19-20-21-22-23-39-30-35(31-41-42(5,6)36(2,3)4)40-29-34-25-32(27-37)24-33(26-34)28-38;/h24-26,35H,7-23,29-31H2,1-6H3;/t35-;/m1./s1. The third kappa shape index (κ3) is 21.4. The SMILES string of the molecule is CCCCCCCCCCCCCCCCCCOC[C@H](CO[Si](C)(C)C(C)(C)C)OCc1cc(C#N)cc(C#N)c1.[K]. The van der Waals surface area contributed by atoms with E-state index in [1.165, 1.54) is 96.3 Å². The van der Waals surface area contributed by atoms with Gasteiger partial charge in [-0.15, -0.1) is 0 Å². The van der Waals surface area contributed by atoms with E-state index >= 15 is 0 Å². The molecule has 1 atom stereocenters. The van der Waals surface area contributed by atoms with Crippen molar-refractivity contribution in [3.8, 4) is 12.1 Å². The van der Waals surface area contributed by atoms with Crippen molar-refractivity contribution in [3.63, 3.8) is 0 Å². The predicted molar refractivity (Wildman–Crippen MR) is 184 cm³/mol. The van der Waals surface area contributed by atoms with Gasteiger partial charge in [0.1, 0.15) is 6.10 Å². The van der Waals surface area contributed by atoms with Crippen molar-refractivity contribution in [2.45, 2.75) is 161 Å². The summed E-state index contributed by atoms with van der Waals surface area (Å²) in [5.74, 6) is 0. The molecule has 1 aromatic carbocycles. The molecule has 0 spiro atoms. The first-order valence-corrected chi connectivity index (χ1v) is 19.8. The summed E-state index contributed by atoms with van der Waals surface area (Å²) >= 11 is 0. The Balaban J connectivity index is 0.0000176. The molecule has 0 unspecified atom stereocenters. The van der Waals surface area contributed by atoms with Gasteiger partial charge in [-0.2, -0.15) is 10.5 Å². The Kier molecular flexibility index (Phi) is 26.0. The van der Waals surface area contributed by atoms with Crippen LogP contribution in [0.1, 0.15) is 147 Å². The average Bonchev–Trinajstić information content (AvgIpc) is 2.96. The summed E-state index contributed by atoms with van der Waals surface area (Å²) in [5, 5.41) is 18.7. The van der Waals surface area contributed by atoms with Gasteiger partial charge in [-0.1, -0.05) is 124 Å². The Labute approximate surface area is 309 Å². The summed E-state index contributed by atoms with van der Waals surface area (Å²) < 4.78 is 18.7. The number of nitrogens with zero attached hydrogens (tertiary/aromatic N) is 2. The molecule has 0 aromatic heterocycles. The third-order valence-electron chi connectivity index (χ3n) is 8.62. The molecule has 0 saturated carbocycles. The van der Waals surface area contributed by atoms with Crippen molar-refractivity contribution in [2.24, 2.45) is 0 Å². The number of ether oxygens (including phenoxy) is 2. The molecule has 5 nitrogen and oxygen atoms in total. The number of rotatable bonds is 25. The van der Waals surface area contributed by atoms with E-state index in [0.29, 0.717) is 30.9 Å². The molecule has 0 heterocycles. The number of hydrogen-bond donors (Lipinski definition) is 0. The van der Waals surface area contributed by atoms with Crippen molar-refractivity contribution >= 4 is 59.7 Å². The van der Waals surface area contributed by atoms with E-state index in [0.717, 1.165) is 18.6 Å². The van der Waals surface area contributed by atoms with Crippen LogP contribution in [0.5, 0.6) is 0 Å². The van der Waals surface area contributed by atoms with Crippen molar-refractivity contribution < 1.29 is 13.9 Å². The molecular weight excluding hydrogens is 576 g/mol. The maximum Gasteiger partial charge on any atom is 0.192 e. The summed E-state index contributed by atoms with van der Waals surface area (Å²) in [4.78, 5) is 0. The maximum absolute atomic E-state index is 9.29. The van der Waals surface area contributed by atoms with Crippen LogP contribution in [0, 0.1) is 22.7 Å². The molecule has 1 aromatic rings. The van der Waals surface area contributed by atoms with Crippen LogP contribution in [0.25, 0.3) is 0 Å². The topological polar surface area (TPSA) is 75.3 Å². The van der Waals surface area contributed by atoms with E-state index in [-0.39, 0.29) is 62.5 Å². The van der Waals surface area contributed by atoms with E-state index < -0.39 is 8.32 Å². The van der Waals surface area contributed by atoms with E-state index in [1.54, 1.807) is 18.2 Å². The largest absolute Gasteiger partial charge is 0.414 e. The van der Waals surface area contributed by atoms with Crippen LogP contribution in [-0.2, 0) is 20.5 Å². The fourth-order valence-electron chi connectivity index (χ4n) is 4.75. The normalized spacial score (nSPS) is 12.4. The zero-order valence-electron chi connectivity index (χ0n) is 29.1. The van der Waals surface area contributed by atoms with Gasteiger partial charge >= 0.3 is 0 Å². The Morgan fingerprint density at radius 1 is 0.698 bits per heavy atom. The monoisotopic (exact) mass is 637 g/mol. The molecule has 0 aliphatic rings. The van der Waals surface area contributed by atoms with E-state index in [1.807, 2.05) is 0 Å². The Morgan fingerprint density at radius 3 is 1.56 bits per heavy atom. The summed E-state index contributed by atoms with van der Waals surface area (Å²) in [5.41, 5.74) is 1.77. The molecule has 1 radical (unpaired) electrons. The van der Waals surface area contributed by atoms with E-state index in [2.05, 4.69) is 52.9 Å². The maximum atomic E-state index is 9.29. The number of nitriles is 2. The van der Waals surface area contributed by atoms with Gasteiger partial charge in [-0.25, -0.2) is 0 Å². The van der Waals surface area contributed by atoms with Gasteiger partial charge < -0.3 is 13.9 Å². The minimum atomic E-state index is -1.92. The molecule has 0 aliphatic heterocycles. The van der Waals surface area contributed by atoms with Gasteiger partial charge in [0, 0.05) is 58.0 Å². The molecule has 0 saturated heterocycles. The van der Waals surface area contributed by atoms with Gasteiger partial charge in [0.15, 0.2) is 8.32 Å². The average molecular weight is 638 g/mol. The van der Waals surface area contributed by atoms with Gasteiger partial charge in [-0.3, -0.25) is 0 Å². The van der Waals surface area contributed by atoms with Crippen LogP contribution >= 0.6 is 0 Å². The second-order valence-corrected chi connectivity index (χ2v) is 18.3. The van der Waals surface area contributed by atoms with Crippen molar-refractivity contribution in [1.82, 2.24) is 0 Å². The van der Waals surface area contributed by atoms with E-state index in [9.17, 15) is 10.5 Å². The van der Waals surface area contributed by atoms with Crippen molar-refractivity contribution in [3.05, 3.63) is 34.9 Å². The van der Waals surface area contributed by atoms with Crippen molar-refractivity contribution in [2.75, 3.05) is 19.8 Å². The van der Waals surface area contributed by atoms with Crippen molar-refractivity contribution in [1.29, 1.82) is 10.5 Å². The Morgan fingerprint density at radius 2 is 1.14 bits per heavy atom. The third-order valence-corrected chi connectivity index (χ3v) is 13.1. The summed E-state index contributed by atoms with van der Waals surface area (Å²) in [6.45, 7) is 15.5. The molecule has 43 heavy (non-hydrogen) atoms. The fourth-order valence-corrected chi connectivity index (χ4v) is 5.78. The second-order valence-electron chi connectivity index (χ2n) is 13.5. The molecule has 7 heteroatoms. The molecule has 0 amide bonds. The van der Waals surface area contributed by atoms with Crippen LogP contribution in [0.2, 0.25) is 18.1 Å². The molecular formula is C36H62KN2O3Si. The first kappa shape index (κ1) is 42.9. The van der Waals surface area contributed by atoms with Crippen LogP contribution in [0.4, 0.5) is 0 Å². The Bertz CT molecular complexity index is 888. The van der Waals surface area contributed by atoms with E-state index in [4.69, 9.17) is 13.9 Å².